The number of allylic oxidation sites excluding steroid dienone is 1. The lowest BCUT2D eigenvalue weighted by Crippen LogP contribution is -2.20. The van der Waals surface area contributed by atoms with Gasteiger partial charge in [-0.15, -0.1) is 16.8 Å². The number of ether oxygens (including phenoxy) is 1. The molecule has 0 atom stereocenters. The number of hydrogen-bond acceptors (Lipinski definition) is 5. The molecule has 2 aromatic rings. The summed E-state index contributed by atoms with van der Waals surface area (Å²) in [6.07, 6.45) is 1.75. The van der Waals surface area contributed by atoms with Crippen LogP contribution in [0.15, 0.2) is 42.1 Å². The van der Waals surface area contributed by atoms with Crippen LogP contribution >= 0.6 is 23.4 Å². The average molecular weight is 353 g/mol. The van der Waals surface area contributed by atoms with E-state index in [1.165, 1.54) is 11.8 Å². The highest BCUT2D eigenvalue weighted by Gasteiger charge is 2.13. The Kier molecular flexibility index (Phi) is 6.49. The van der Waals surface area contributed by atoms with Gasteiger partial charge in [0, 0.05) is 18.6 Å². The molecule has 0 unspecified atom stereocenters. The second-order valence-electron chi connectivity index (χ2n) is 4.50. The molecule has 0 fully saturated rings. The highest BCUT2D eigenvalue weighted by molar-refractivity contribution is 7.99. The van der Waals surface area contributed by atoms with Gasteiger partial charge in [0.1, 0.15) is 12.4 Å². The van der Waals surface area contributed by atoms with Crippen molar-refractivity contribution < 1.29 is 9.53 Å². The minimum atomic E-state index is -0.0675. The van der Waals surface area contributed by atoms with Gasteiger partial charge in [0.2, 0.25) is 5.91 Å². The van der Waals surface area contributed by atoms with Crippen LogP contribution < -0.4 is 10.1 Å². The summed E-state index contributed by atoms with van der Waals surface area (Å²) in [5.74, 6) is 1.58. The minimum Gasteiger partial charge on any atom is -0.486 e. The zero-order valence-corrected chi connectivity index (χ0v) is 14.2. The first kappa shape index (κ1) is 17.4. The SMILES string of the molecule is C=CCn1c(COc2ccc(Cl)cc2)nnc1SCC(=O)NC. The van der Waals surface area contributed by atoms with Crippen molar-refractivity contribution in [3.8, 4) is 5.75 Å². The van der Waals surface area contributed by atoms with Crippen LogP contribution in [0.3, 0.4) is 0 Å². The number of carbonyl (C=O) groups is 1. The number of amides is 1. The van der Waals surface area contributed by atoms with E-state index in [2.05, 4.69) is 22.1 Å². The number of hydrogen-bond donors (Lipinski definition) is 1. The number of thioether (sulfide) groups is 1. The summed E-state index contributed by atoms with van der Waals surface area (Å²) >= 11 is 7.16. The molecular formula is C15H17ClN4O2S. The molecule has 2 rings (SSSR count). The number of carbonyl (C=O) groups excluding carboxylic acids is 1. The Morgan fingerprint density at radius 1 is 1.43 bits per heavy atom. The maximum absolute atomic E-state index is 11.4. The van der Waals surface area contributed by atoms with Gasteiger partial charge in [0.15, 0.2) is 11.0 Å². The number of benzene rings is 1. The Balaban J connectivity index is 2.05. The second kappa shape index (κ2) is 8.59. The van der Waals surface area contributed by atoms with Crippen molar-refractivity contribution in [2.45, 2.75) is 18.3 Å². The summed E-state index contributed by atoms with van der Waals surface area (Å²) in [4.78, 5) is 11.4. The normalized spacial score (nSPS) is 10.3. The standard InChI is InChI=1S/C15H17ClN4O2S/c1-3-8-20-13(9-22-12-6-4-11(16)5-7-12)18-19-15(20)23-10-14(21)17-2/h3-7H,1,8-10H2,2H3,(H,17,21). The van der Waals surface area contributed by atoms with Crippen LogP contribution in [-0.4, -0.2) is 33.5 Å². The van der Waals surface area contributed by atoms with E-state index in [0.29, 0.717) is 28.3 Å². The zero-order chi connectivity index (χ0) is 16.7. The van der Waals surface area contributed by atoms with Crippen molar-refractivity contribution in [1.29, 1.82) is 0 Å². The van der Waals surface area contributed by atoms with Gasteiger partial charge in [0.05, 0.1) is 5.75 Å². The highest BCUT2D eigenvalue weighted by atomic mass is 35.5. The molecular weight excluding hydrogens is 336 g/mol. The van der Waals surface area contributed by atoms with Crippen LogP contribution in [-0.2, 0) is 17.9 Å². The van der Waals surface area contributed by atoms with E-state index in [9.17, 15) is 4.79 Å². The average Bonchev–Trinajstić information content (AvgIpc) is 2.94. The first-order chi connectivity index (χ1) is 11.1. The van der Waals surface area contributed by atoms with Gasteiger partial charge in [-0.2, -0.15) is 0 Å². The van der Waals surface area contributed by atoms with Gasteiger partial charge in [0.25, 0.3) is 0 Å². The van der Waals surface area contributed by atoms with Crippen LogP contribution in [0.25, 0.3) is 0 Å². The summed E-state index contributed by atoms with van der Waals surface area (Å²) in [6.45, 7) is 4.55. The fourth-order valence-corrected chi connectivity index (χ4v) is 2.69. The van der Waals surface area contributed by atoms with Crippen LogP contribution in [0, 0.1) is 0 Å². The van der Waals surface area contributed by atoms with Crippen molar-refractivity contribution in [2.75, 3.05) is 12.8 Å². The molecule has 0 aliphatic heterocycles. The van der Waals surface area contributed by atoms with E-state index in [1.54, 1.807) is 37.4 Å². The van der Waals surface area contributed by atoms with Crippen molar-refractivity contribution >= 4 is 29.3 Å². The van der Waals surface area contributed by atoms with E-state index in [4.69, 9.17) is 16.3 Å². The monoisotopic (exact) mass is 352 g/mol. The fourth-order valence-electron chi connectivity index (χ4n) is 1.73. The Hall–Kier alpha value is -1.99. The third kappa shape index (κ3) is 5.01. The molecule has 1 aromatic carbocycles. The van der Waals surface area contributed by atoms with Gasteiger partial charge in [-0.1, -0.05) is 29.4 Å². The van der Waals surface area contributed by atoms with Gasteiger partial charge in [-0.25, -0.2) is 0 Å². The summed E-state index contributed by atoms with van der Waals surface area (Å²) < 4.78 is 7.56. The predicted molar refractivity (Wildman–Crippen MR) is 90.8 cm³/mol. The Morgan fingerprint density at radius 2 is 2.17 bits per heavy atom. The molecule has 0 spiro atoms. The smallest absolute Gasteiger partial charge is 0.230 e. The van der Waals surface area contributed by atoms with Crippen molar-refractivity contribution in [3.05, 3.63) is 47.8 Å². The second-order valence-corrected chi connectivity index (χ2v) is 5.88. The number of nitrogens with one attached hydrogen (secondary N) is 1. The lowest BCUT2D eigenvalue weighted by Gasteiger charge is -2.09. The molecule has 23 heavy (non-hydrogen) atoms. The summed E-state index contributed by atoms with van der Waals surface area (Å²) in [6, 6.07) is 7.10. The molecule has 1 N–H and O–H groups in total. The van der Waals surface area contributed by atoms with Crippen LogP contribution in [0.1, 0.15) is 5.82 Å². The quantitative estimate of drug-likeness (QED) is 0.584. The van der Waals surface area contributed by atoms with Gasteiger partial charge in [-0.05, 0) is 24.3 Å². The van der Waals surface area contributed by atoms with E-state index < -0.39 is 0 Å². The van der Waals surface area contributed by atoms with Crippen molar-refractivity contribution in [3.63, 3.8) is 0 Å². The Morgan fingerprint density at radius 3 is 2.83 bits per heavy atom. The minimum absolute atomic E-state index is 0.0675. The van der Waals surface area contributed by atoms with Gasteiger partial charge >= 0.3 is 0 Å². The lowest BCUT2D eigenvalue weighted by atomic mass is 10.3. The largest absolute Gasteiger partial charge is 0.486 e. The maximum Gasteiger partial charge on any atom is 0.230 e. The van der Waals surface area contributed by atoms with E-state index >= 15 is 0 Å². The molecule has 1 aromatic heterocycles. The molecule has 0 saturated carbocycles. The molecule has 0 radical (unpaired) electrons. The van der Waals surface area contributed by atoms with E-state index in [-0.39, 0.29) is 18.3 Å². The van der Waals surface area contributed by atoms with Crippen LogP contribution in [0.2, 0.25) is 5.02 Å². The number of rotatable bonds is 8. The fraction of sp³-hybridized carbons (Fsp3) is 0.267. The summed E-state index contributed by atoms with van der Waals surface area (Å²) in [5.41, 5.74) is 0. The molecule has 0 bridgehead atoms. The molecule has 122 valence electrons. The topological polar surface area (TPSA) is 69.0 Å². The van der Waals surface area contributed by atoms with E-state index in [0.717, 1.165) is 0 Å². The van der Waals surface area contributed by atoms with E-state index in [1.807, 2.05) is 4.57 Å². The first-order valence-electron chi connectivity index (χ1n) is 6.88. The molecule has 1 heterocycles. The Labute approximate surface area is 143 Å². The maximum atomic E-state index is 11.4. The number of halogens is 1. The number of nitrogens with zero attached hydrogens (tertiary/aromatic N) is 3. The van der Waals surface area contributed by atoms with Gasteiger partial charge in [-0.3, -0.25) is 9.36 Å². The summed E-state index contributed by atoms with van der Waals surface area (Å²) in [5, 5.41) is 12.1. The zero-order valence-electron chi connectivity index (χ0n) is 12.7. The molecule has 1 amide bonds. The van der Waals surface area contributed by atoms with Crippen LogP contribution in [0.4, 0.5) is 0 Å². The predicted octanol–water partition coefficient (Wildman–Crippen LogP) is 2.53. The molecule has 0 aliphatic rings. The van der Waals surface area contributed by atoms with Crippen molar-refractivity contribution in [1.82, 2.24) is 20.1 Å². The third-order valence-corrected chi connectivity index (χ3v) is 4.12. The molecule has 0 aliphatic carbocycles. The molecule has 8 heteroatoms. The van der Waals surface area contributed by atoms with Gasteiger partial charge < -0.3 is 10.1 Å². The summed E-state index contributed by atoms with van der Waals surface area (Å²) in [7, 11) is 1.60. The number of aromatic nitrogens is 3. The highest BCUT2D eigenvalue weighted by Crippen LogP contribution is 2.19. The lowest BCUT2D eigenvalue weighted by molar-refractivity contribution is -0.118. The van der Waals surface area contributed by atoms with Crippen LogP contribution in [0.5, 0.6) is 5.75 Å². The molecule has 0 saturated heterocycles. The van der Waals surface area contributed by atoms with Crippen molar-refractivity contribution in [2.24, 2.45) is 0 Å². The molecule has 6 nitrogen and oxygen atoms in total. The Bertz CT molecular complexity index is 673. The third-order valence-electron chi connectivity index (χ3n) is 2.90. The first-order valence-corrected chi connectivity index (χ1v) is 8.25.